The van der Waals surface area contributed by atoms with Gasteiger partial charge in [-0.05, 0) is 50.2 Å². The van der Waals surface area contributed by atoms with Gasteiger partial charge in [-0.2, -0.15) is 0 Å². The van der Waals surface area contributed by atoms with E-state index in [2.05, 4.69) is 30.9 Å². The van der Waals surface area contributed by atoms with Gasteiger partial charge in [0, 0.05) is 24.3 Å². The highest BCUT2D eigenvalue weighted by Crippen LogP contribution is 2.26. The molecule has 21 heavy (non-hydrogen) atoms. The number of aldehydes is 1. The molecule has 0 radical (unpaired) electrons. The molecule has 2 heterocycles. The van der Waals surface area contributed by atoms with Gasteiger partial charge in [0.2, 0.25) is 0 Å². The van der Waals surface area contributed by atoms with E-state index in [9.17, 15) is 4.79 Å². The van der Waals surface area contributed by atoms with Gasteiger partial charge in [0.05, 0.1) is 12.2 Å². The fourth-order valence-corrected chi connectivity index (χ4v) is 2.80. The molecular weight excluding hydrogens is 266 g/mol. The van der Waals surface area contributed by atoms with Crippen LogP contribution in [0.25, 0.3) is 11.3 Å². The zero-order valence-electron chi connectivity index (χ0n) is 12.3. The van der Waals surface area contributed by atoms with E-state index in [1.165, 1.54) is 5.69 Å². The molecule has 0 aliphatic carbocycles. The van der Waals surface area contributed by atoms with Crippen LogP contribution in [0.3, 0.4) is 0 Å². The number of hydrogen-bond acceptors (Lipinski definition) is 4. The van der Waals surface area contributed by atoms with Crippen molar-refractivity contribution in [2.45, 2.75) is 26.1 Å². The van der Waals surface area contributed by atoms with E-state index in [1.807, 2.05) is 18.2 Å². The van der Waals surface area contributed by atoms with Crippen LogP contribution in [0.5, 0.6) is 0 Å². The Kier molecular flexibility index (Phi) is 3.80. The van der Waals surface area contributed by atoms with Crippen LogP contribution >= 0.6 is 0 Å². The summed E-state index contributed by atoms with van der Waals surface area (Å²) in [4.78, 5) is 13.0. The predicted molar refractivity (Wildman–Crippen MR) is 81.8 cm³/mol. The summed E-state index contributed by atoms with van der Waals surface area (Å²) in [5, 5.41) is 0. The Morgan fingerprint density at radius 3 is 2.29 bits per heavy atom. The van der Waals surface area contributed by atoms with Crippen LogP contribution in [0.2, 0.25) is 0 Å². The molecule has 1 aliphatic rings. The van der Waals surface area contributed by atoms with E-state index in [1.54, 1.807) is 6.07 Å². The number of furan rings is 1. The molecule has 0 saturated carbocycles. The molecule has 2 unspecified atom stereocenters. The number of rotatable bonds is 3. The van der Waals surface area contributed by atoms with Gasteiger partial charge in [-0.25, -0.2) is 0 Å². The number of nitrogens with zero attached hydrogens (tertiary/aromatic N) is 1. The van der Waals surface area contributed by atoms with Crippen LogP contribution in [-0.4, -0.2) is 31.6 Å². The number of benzene rings is 1. The van der Waals surface area contributed by atoms with Gasteiger partial charge >= 0.3 is 0 Å². The van der Waals surface area contributed by atoms with Gasteiger partial charge in [-0.15, -0.1) is 0 Å². The molecule has 3 rings (SSSR count). The zero-order chi connectivity index (χ0) is 14.8. The molecule has 2 atom stereocenters. The number of hydrogen-bond donors (Lipinski definition) is 0. The molecular formula is C17H19NO3. The third-order valence-corrected chi connectivity index (χ3v) is 3.68. The van der Waals surface area contributed by atoms with E-state index < -0.39 is 0 Å². The molecule has 2 aromatic rings. The SMILES string of the molecule is CC1CN(c2ccc(-c3ccc(C=O)o3)cc2)CC(C)O1. The Morgan fingerprint density at radius 1 is 1.05 bits per heavy atom. The van der Waals surface area contributed by atoms with Crippen LogP contribution in [0.15, 0.2) is 40.8 Å². The van der Waals surface area contributed by atoms with Crippen molar-refractivity contribution in [1.29, 1.82) is 0 Å². The van der Waals surface area contributed by atoms with E-state index in [-0.39, 0.29) is 12.2 Å². The quantitative estimate of drug-likeness (QED) is 0.811. The summed E-state index contributed by atoms with van der Waals surface area (Å²) in [5.74, 6) is 1.07. The monoisotopic (exact) mass is 285 g/mol. The molecule has 1 aromatic carbocycles. The van der Waals surface area contributed by atoms with E-state index in [4.69, 9.17) is 9.15 Å². The van der Waals surface area contributed by atoms with Crippen molar-refractivity contribution in [2.24, 2.45) is 0 Å². The molecule has 110 valence electrons. The highest BCUT2D eigenvalue weighted by molar-refractivity contribution is 5.73. The molecule has 4 nitrogen and oxygen atoms in total. The van der Waals surface area contributed by atoms with Crippen molar-refractivity contribution >= 4 is 12.0 Å². The smallest absolute Gasteiger partial charge is 0.185 e. The minimum Gasteiger partial charge on any atom is -0.453 e. The maximum Gasteiger partial charge on any atom is 0.185 e. The van der Waals surface area contributed by atoms with Crippen molar-refractivity contribution in [3.8, 4) is 11.3 Å². The summed E-state index contributed by atoms with van der Waals surface area (Å²) in [6, 6.07) is 11.7. The lowest BCUT2D eigenvalue weighted by Gasteiger charge is -2.36. The molecule has 0 bridgehead atoms. The van der Waals surface area contributed by atoms with Crippen LogP contribution in [0.4, 0.5) is 5.69 Å². The van der Waals surface area contributed by atoms with E-state index >= 15 is 0 Å². The number of anilines is 1. The van der Waals surface area contributed by atoms with Crippen molar-refractivity contribution in [3.63, 3.8) is 0 Å². The molecule has 1 fully saturated rings. The first kappa shape index (κ1) is 13.9. The van der Waals surface area contributed by atoms with Gasteiger partial charge < -0.3 is 14.1 Å². The number of ether oxygens (including phenoxy) is 1. The Morgan fingerprint density at radius 2 is 1.71 bits per heavy atom. The summed E-state index contributed by atoms with van der Waals surface area (Å²) < 4.78 is 11.2. The van der Waals surface area contributed by atoms with E-state index in [0.29, 0.717) is 17.8 Å². The minimum absolute atomic E-state index is 0.244. The van der Waals surface area contributed by atoms with Crippen LogP contribution in [-0.2, 0) is 4.74 Å². The van der Waals surface area contributed by atoms with Crippen LogP contribution in [0.1, 0.15) is 24.4 Å². The highest BCUT2D eigenvalue weighted by atomic mass is 16.5. The summed E-state index contributed by atoms with van der Waals surface area (Å²) >= 11 is 0. The van der Waals surface area contributed by atoms with Crippen molar-refractivity contribution in [2.75, 3.05) is 18.0 Å². The zero-order valence-corrected chi connectivity index (χ0v) is 12.3. The lowest BCUT2D eigenvalue weighted by molar-refractivity contribution is -0.00521. The Bertz CT molecular complexity index is 607. The van der Waals surface area contributed by atoms with Gasteiger partial charge in [-0.1, -0.05) is 0 Å². The number of morpholine rings is 1. The summed E-state index contributed by atoms with van der Waals surface area (Å²) in [6.07, 6.45) is 1.20. The summed E-state index contributed by atoms with van der Waals surface area (Å²) in [5.41, 5.74) is 2.16. The summed E-state index contributed by atoms with van der Waals surface area (Å²) in [6.45, 7) is 6.00. The molecule has 1 saturated heterocycles. The lowest BCUT2D eigenvalue weighted by Crippen LogP contribution is -2.45. The average Bonchev–Trinajstić information content (AvgIpc) is 2.95. The first-order valence-corrected chi connectivity index (χ1v) is 7.21. The van der Waals surface area contributed by atoms with Gasteiger partial charge in [0.15, 0.2) is 12.0 Å². The second-order valence-corrected chi connectivity index (χ2v) is 5.53. The molecule has 1 aromatic heterocycles. The van der Waals surface area contributed by atoms with Gasteiger partial charge in [0.1, 0.15) is 5.76 Å². The fourth-order valence-electron chi connectivity index (χ4n) is 2.80. The highest BCUT2D eigenvalue weighted by Gasteiger charge is 2.22. The standard InChI is InChI=1S/C17H19NO3/c1-12-9-18(10-13(2)20-12)15-5-3-14(4-6-15)17-8-7-16(11-19)21-17/h3-8,11-13H,9-10H2,1-2H3. The number of carbonyl (C=O) groups is 1. The Labute approximate surface area is 124 Å². The fraction of sp³-hybridized carbons (Fsp3) is 0.353. The maximum absolute atomic E-state index is 10.7. The normalized spacial score (nSPS) is 22.3. The molecule has 1 aliphatic heterocycles. The van der Waals surface area contributed by atoms with Gasteiger partial charge in [-0.3, -0.25) is 4.79 Å². The third-order valence-electron chi connectivity index (χ3n) is 3.68. The maximum atomic E-state index is 10.7. The van der Waals surface area contributed by atoms with Crippen LogP contribution in [0, 0.1) is 0 Å². The summed E-state index contributed by atoms with van der Waals surface area (Å²) in [7, 11) is 0. The van der Waals surface area contributed by atoms with Crippen molar-refractivity contribution < 1.29 is 13.9 Å². The predicted octanol–water partition coefficient (Wildman–Crippen LogP) is 3.37. The first-order valence-electron chi connectivity index (χ1n) is 7.21. The van der Waals surface area contributed by atoms with Gasteiger partial charge in [0.25, 0.3) is 0 Å². The Hall–Kier alpha value is -2.07. The van der Waals surface area contributed by atoms with Crippen LogP contribution < -0.4 is 4.90 Å². The Balaban J connectivity index is 1.78. The molecule has 4 heteroatoms. The molecule has 0 N–H and O–H groups in total. The topological polar surface area (TPSA) is 42.7 Å². The van der Waals surface area contributed by atoms with E-state index in [0.717, 1.165) is 18.7 Å². The number of carbonyl (C=O) groups excluding carboxylic acids is 1. The third kappa shape index (κ3) is 3.00. The molecule has 0 spiro atoms. The largest absolute Gasteiger partial charge is 0.453 e. The molecule has 0 amide bonds. The minimum atomic E-state index is 0.244. The van der Waals surface area contributed by atoms with Crippen molar-refractivity contribution in [1.82, 2.24) is 0 Å². The van der Waals surface area contributed by atoms with Crippen molar-refractivity contribution in [3.05, 3.63) is 42.2 Å². The second-order valence-electron chi connectivity index (χ2n) is 5.53. The first-order chi connectivity index (χ1) is 10.2. The lowest BCUT2D eigenvalue weighted by atomic mass is 10.1. The second kappa shape index (κ2) is 5.74. The average molecular weight is 285 g/mol.